The van der Waals surface area contributed by atoms with Gasteiger partial charge in [-0.15, -0.1) is 0 Å². The molecule has 134 valence electrons. The van der Waals surface area contributed by atoms with Crippen molar-refractivity contribution in [2.24, 2.45) is 5.92 Å². The van der Waals surface area contributed by atoms with Crippen molar-refractivity contribution in [3.05, 3.63) is 23.9 Å². The fourth-order valence-corrected chi connectivity index (χ4v) is 2.45. The van der Waals surface area contributed by atoms with E-state index in [0.29, 0.717) is 17.8 Å². The molecule has 1 aliphatic rings. The number of anilines is 1. The molecule has 0 radical (unpaired) electrons. The average Bonchev–Trinajstić information content (AvgIpc) is 2.54. The summed E-state index contributed by atoms with van der Waals surface area (Å²) in [4.78, 5) is 6.37. The minimum atomic E-state index is 0.543. The van der Waals surface area contributed by atoms with Crippen LogP contribution in [-0.4, -0.2) is 42.7 Å². The van der Waals surface area contributed by atoms with Crippen molar-refractivity contribution in [3.63, 3.8) is 0 Å². The van der Waals surface area contributed by atoms with E-state index in [1.807, 2.05) is 26.0 Å². The lowest BCUT2D eigenvalue weighted by Crippen LogP contribution is -2.34. The van der Waals surface area contributed by atoms with Crippen LogP contribution in [0.2, 0.25) is 0 Å². The van der Waals surface area contributed by atoms with E-state index >= 15 is 0 Å². The van der Waals surface area contributed by atoms with Crippen LogP contribution in [0.3, 0.4) is 0 Å². The number of piperidine rings is 1. The maximum Gasteiger partial charge on any atom is 0.126 e. The van der Waals surface area contributed by atoms with Crippen molar-refractivity contribution in [1.82, 2.24) is 9.88 Å². The summed E-state index contributed by atoms with van der Waals surface area (Å²) in [5.74, 6) is 1.31. The number of hydrogen-bond donors (Lipinski definition) is 1. The molecule has 1 aliphatic heterocycles. The average molecular weight is 324 g/mol. The van der Waals surface area contributed by atoms with E-state index in [4.69, 9.17) is 10.5 Å². The first-order valence-corrected chi connectivity index (χ1v) is 9.02. The lowest BCUT2D eigenvalue weighted by atomic mass is 10.0. The molecular formula is C19H37N3O. The van der Waals surface area contributed by atoms with Crippen LogP contribution in [0.1, 0.15) is 53.0 Å². The zero-order valence-electron chi connectivity index (χ0n) is 16.0. The van der Waals surface area contributed by atoms with E-state index in [-0.39, 0.29) is 0 Å². The highest BCUT2D eigenvalue weighted by molar-refractivity contribution is 5.38. The number of nitrogens with zero attached hydrogens (tertiary/aromatic N) is 2. The molecule has 1 aromatic rings. The highest BCUT2D eigenvalue weighted by Gasteiger charge is 2.15. The summed E-state index contributed by atoms with van der Waals surface area (Å²) in [6.07, 6.45) is 5.70. The van der Waals surface area contributed by atoms with Gasteiger partial charge in [0.2, 0.25) is 0 Å². The van der Waals surface area contributed by atoms with Crippen molar-refractivity contribution in [3.8, 4) is 0 Å². The minimum absolute atomic E-state index is 0.543. The molecule has 0 aliphatic carbocycles. The van der Waals surface area contributed by atoms with Crippen molar-refractivity contribution in [1.29, 1.82) is 0 Å². The highest BCUT2D eigenvalue weighted by atomic mass is 16.5. The van der Waals surface area contributed by atoms with Crippen LogP contribution in [-0.2, 0) is 11.2 Å². The Bertz CT molecular complexity index is 388. The Morgan fingerprint density at radius 2 is 1.91 bits per heavy atom. The van der Waals surface area contributed by atoms with Crippen LogP contribution in [0.15, 0.2) is 18.3 Å². The number of pyridine rings is 1. The van der Waals surface area contributed by atoms with Crippen molar-refractivity contribution in [2.45, 2.75) is 60.0 Å². The van der Waals surface area contributed by atoms with Gasteiger partial charge in [-0.25, -0.2) is 4.98 Å². The Morgan fingerprint density at radius 3 is 2.39 bits per heavy atom. The fourth-order valence-electron chi connectivity index (χ4n) is 2.45. The quantitative estimate of drug-likeness (QED) is 0.909. The topological polar surface area (TPSA) is 51.4 Å². The standard InChI is InChI=1S/C9H14N2.C8H17NO.C2H6/c1-7(2)6-8-4-3-5-11-9(8)10;1-3-10-8-4-6-9(2)7-5-8;1-2/h3-5,7H,6H2,1-2H3,(H2,10,11);8H,3-7H2,1-2H3;1-2H3. The van der Waals surface area contributed by atoms with E-state index in [9.17, 15) is 0 Å². The number of likely N-dealkylation sites (tertiary alicyclic amines) is 1. The molecule has 0 bridgehead atoms. The van der Waals surface area contributed by atoms with E-state index in [2.05, 4.69) is 37.7 Å². The van der Waals surface area contributed by atoms with Crippen LogP contribution in [0.4, 0.5) is 5.82 Å². The lowest BCUT2D eigenvalue weighted by molar-refractivity contribution is 0.0197. The first kappa shape index (κ1) is 21.9. The molecule has 0 unspecified atom stereocenters. The van der Waals surface area contributed by atoms with E-state index in [0.717, 1.165) is 18.6 Å². The normalized spacial score (nSPS) is 15.4. The lowest BCUT2D eigenvalue weighted by Gasteiger charge is -2.28. The van der Waals surface area contributed by atoms with Crippen LogP contribution in [0, 0.1) is 5.92 Å². The van der Waals surface area contributed by atoms with Gasteiger partial charge in [0.05, 0.1) is 6.10 Å². The van der Waals surface area contributed by atoms with Crippen LogP contribution >= 0.6 is 0 Å². The smallest absolute Gasteiger partial charge is 0.126 e. The number of rotatable bonds is 4. The van der Waals surface area contributed by atoms with Crippen LogP contribution in [0.25, 0.3) is 0 Å². The SMILES string of the molecule is CC.CC(C)Cc1cccnc1N.CCOC1CCN(C)CC1. The minimum Gasteiger partial charge on any atom is -0.383 e. The maximum absolute atomic E-state index is 5.66. The van der Waals surface area contributed by atoms with Gasteiger partial charge in [0.25, 0.3) is 0 Å². The Morgan fingerprint density at radius 1 is 1.30 bits per heavy atom. The Labute approximate surface area is 143 Å². The Kier molecular flexibility index (Phi) is 12.7. The summed E-state index contributed by atoms with van der Waals surface area (Å²) in [7, 11) is 2.17. The maximum atomic E-state index is 5.66. The molecule has 0 spiro atoms. The zero-order chi connectivity index (χ0) is 17.7. The van der Waals surface area contributed by atoms with Gasteiger partial charge < -0.3 is 15.4 Å². The molecule has 0 saturated carbocycles. The van der Waals surface area contributed by atoms with E-state index in [1.165, 1.54) is 25.9 Å². The Hall–Kier alpha value is -1.13. The van der Waals surface area contributed by atoms with Gasteiger partial charge in [0.15, 0.2) is 0 Å². The summed E-state index contributed by atoms with van der Waals surface area (Å²) in [5.41, 5.74) is 6.81. The summed E-state index contributed by atoms with van der Waals surface area (Å²) in [6.45, 7) is 13.7. The molecular weight excluding hydrogens is 286 g/mol. The first-order chi connectivity index (χ1) is 11.0. The second-order valence-corrected chi connectivity index (χ2v) is 6.10. The summed E-state index contributed by atoms with van der Waals surface area (Å²) >= 11 is 0. The molecule has 2 rings (SSSR count). The van der Waals surface area contributed by atoms with Gasteiger partial charge in [-0.3, -0.25) is 0 Å². The summed E-state index contributed by atoms with van der Waals surface area (Å²) in [6, 6.07) is 3.95. The second kappa shape index (κ2) is 13.3. The van der Waals surface area contributed by atoms with Crippen molar-refractivity contribution < 1.29 is 4.74 Å². The third-order valence-corrected chi connectivity index (χ3v) is 3.62. The molecule has 2 heterocycles. The predicted octanol–water partition coefficient (Wildman–Crippen LogP) is 4.01. The molecule has 1 aromatic heterocycles. The monoisotopic (exact) mass is 323 g/mol. The van der Waals surface area contributed by atoms with Gasteiger partial charge in [-0.2, -0.15) is 0 Å². The molecule has 1 saturated heterocycles. The first-order valence-electron chi connectivity index (χ1n) is 9.02. The predicted molar refractivity (Wildman–Crippen MR) is 101 cm³/mol. The van der Waals surface area contributed by atoms with E-state index < -0.39 is 0 Å². The van der Waals surface area contributed by atoms with Gasteiger partial charge >= 0.3 is 0 Å². The van der Waals surface area contributed by atoms with Gasteiger partial charge in [0, 0.05) is 25.9 Å². The van der Waals surface area contributed by atoms with E-state index in [1.54, 1.807) is 6.20 Å². The highest BCUT2D eigenvalue weighted by Crippen LogP contribution is 2.12. The van der Waals surface area contributed by atoms with Crippen molar-refractivity contribution in [2.75, 3.05) is 32.5 Å². The molecule has 23 heavy (non-hydrogen) atoms. The number of nitrogens with two attached hydrogens (primary N) is 1. The molecule has 4 nitrogen and oxygen atoms in total. The zero-order valence-corrected chi connectivity index (χ0v) is 16.0. The number of hydrogen-bond acceptors (Lipinski definition) is 4. The van der Waals surface area contributed by atoms with Crippen LogP contribution in [0.5, 0.6) is 0 Å². The fraction of sp³-hybridized carbons (Fsp3) is 0.737. The number of aromatic nitrogens is 1. The third kappa shape index (κ3) is 10.3. The van der Waals surface area contributed by atoms with Gasteiger partial charge in [0.1, 0.15) is 5.82 Å². The largest absolute Gasteiger partial charge is 0.383 e. The number of ether oxygens (including phenoxy) is 1. The molecule has 2 N–H and O–H groups in total. The Balaban J connectivity index is 0.000000381. The second-order valence-electron chi connectivity index (χ2n) is 6.10. The number of nitrogen functional groups attached to an aromatic ring is 1. The molecule has 1 fully saturated rings. The third-order valence-electron chi connectivity index (χ3n) is 3.62. The van der Waals surface area contributed by atoms with Gasteiger partial charge in [-0.1, -0.05) is 33.8 Å². The molecule has 0 atom stereocenters. The molecule has 4 heteroatoms. The van der Waals surface area contributed by atoms with Gasteiger partial charge in [-0.05, 0) is 50.8 Å². The summed E-state index contributed by atoms with van der Waals surface area (Å²) in [5, 5.41) is 0. The van der Waals surface area contributed by atoms with Crippen LogP contribution < -0.4 is 5.73 Å². The molecule has 0 aromatic carbocycles. The van der Waals surface area contributed by atoms with Crippen molar-refractivity contribution >= 4 is 5.82 Å². The summed E-state index contributed by atoms with van der Waals surface area (Å²) < 4.78 is 5.50. The molecule has 0 amide bonds.